The molecule has 0 saturated heterocycles. The minimum atomic E-state index is 0.0959. The molecule has 0 bridgehead atoms. The summed E-state index contributed by atoms with van der Waals surface area (Å²) in [5.41, 5.74) is 14.7. The second-order valence-electron chi connectivity index (χ2n) is 7.85. The number of aromatic nitrogens is 2. The number of fused-ring (bicyclic) bond motifs is 2. The molecule has 2 heterocycles. The first kappa shape index (κ1) is 19.1. The van der Waals surface area contributed by atoms with Crippen LogP contribution in [0.5, 0.6) is 0 Å². The zero-order valence-corrected chi connectivity index (χ0v) is 17.9. The van der Waals surface area contributed by atoms with E-state index in [0.717, 1.165) is 57.2 Å². The molecule has 8 heteroatoms. The van der Waals surface area contributed by atoms with Gasteiger partial charge in [0, 0.05) is 23.0 Å². The molecule has 0 aliphatic heterocycles. The zero-order valence-electron chi connectivity index (χ0n) is 16.3. The summed E-state index contributed by atoms with van der Waals surface area (Å²) in [6, 6.07) is 11.6. The number of nitrogen functional groups attached to an aromatic ring is 2. The van der Waals surface area contributed by atoms with Crippen LogP contribution in [0.3, 0.4) is 0 Å². The minimum absolute atomic E-state index is 0.0959. The van der Waals surface area contributed by atoms with E-state index < -0.39 is 0 Å². The van der Waals surface area contributed by atoms with E-state index in [1.165, 1.54) is 10.0 Å². The Morgan fingerprint density at radius 1 is 0.733 bits per heavy atom. The lowest BCUT2D eigenvalue weighted by molar-refractivity contribution is 0.395. The molecule has 0 radical (unpaired) electrons. The third kappa shape index (κ3) is 3.46. The fourth-order valence-electron chi connectivity index (χ4n) is 4.16. The monoisotopic (exact) mass is 434 g/mol. The molecule has 6 nitrogen and oxygen atoms in total. The summed E-state index contributed by atoms with van der Waals surface area (Å²) in [7, 11) is 0. The molecule has 152 valence electrons. The van der Waals surface area contributed by atoms with Crippen LogP contribution in [0, 0.1) is 10.8 Å². The SMILES string of the molecule is N=C(N)c1ccc2nc(C3CCC(c4nc5ccc(C(=N)N)cc5s4)CC3)sc2c1. The Labute approximate surface area is 182 Å². The number of nitrogens with zero attached hydrogens (tertiary/aromatic N) is 2. The Kier molecular flexibility index (Phi) is 4.75. The third-order valence-corrected chi connectivity index (χ3v) is 8.22. The molecule has 1 saturated carbocycles. The number of amidine groups is 2. The van der Waals surface area contributed by atoms with Gasteiger partial charge in [-0.1, -0.05) is 0 Å². The largest absolute Gasteiger partial charge is 0.384 e. The van der Waals surface area contributed by atoms with Gasteiger partial charge < -0.3 is 11.5 Å². The molecule has 0 spiro atoms. The number of rotatable bonds is 4. The summed E-state index contributed by atoms with van der Waals surface area (Å²) in [5, 5.41) is 17.6. The van der Waals surface area contributed by atoms with E-state index in [1.807, 2.05) is 36.4 Å². The standard InChI is InChI=1S/C22H22N6S2/c23-19(24)13-5-7-15-17(9-13)29-21(27-15)11-1-2-12(4-3-11)22-28-16-8-6-14(20(25)26)10-18(16)30-22/h5-12H,1-4H2,(H3,23,24)(H3,25,26). The van der Waals surface area contributed by atoms with E-state index in [-0.39, 0.29) is 11.7 Å². The summed E-state index contributed by atoms with van der Waals surface area (Å²) in [4.78, 5) is 9.72. The lowest BCUT2D eigenvalue weighted by Crippen LogP contribution is -2.11. The number of nitrogens with two attached hydrogens (primary N) is 2. The van der Waals surface area contributed by atoms with Crippen LogP contribution < -0.4 is 11.5 Å². The second kappa shape index (κ2) is 7.45. The fourth-order valence-corrected chi connectivity index (χ4v) is 6.51. The Morgan fingerprint density at radius 2 is 1.13 bits per heavy atom. The summed E-state index contributed by atoms with van der Waals surface area (Å²) in [6.07, 6.45) is 4.44. The normalized spacial score (nSPS) is 19.3. The van der Waals surface area contributed by atoms with Crippen molar-refractivity contribution < 1.29 is 0 Å². The van der Waals surface area contributed by atoms with Crippen molar-refractivity contribution in [2.75, 3.05) is 0 Å². The predicted octanol–water partition coefficient (Wildman–Crippen LogP) is 4.92. The van der Waals surface area contributed by atoms with Crippen molar-refractivity contribution in [3.8, 4) is 0 Å². The molecule has 1 aliphatic carbocycles. The van der Waals surface area contributed by atoms with Gasteiger partial charge in [0.15, 0.2) is 0 Å². The highest BCUT2D eigenvalue weighted by molar-refractivity contribution is 7.19. The molecular weight excluding hydrogens is 412 g/mol. The highest BCUT2D eigenvalue weighted by atomic mass is 32.1. The van der Waals surface area contributed by atoms with Crippen LogP contribution >= 0.6 is 22.7 Å². The molecule has 0 atom stereocenters. The minimum Gasteiger partial charge on any atom is -0.384 e. The molecule has 30 heavy (non-hydrogen) atoms. The molecule has 4 aromatic rings. The first-order valence-electron chi connectivity index (χ1n) is 9.97. The number of thiazole rings is 2. The van der Waals surface area contributed by atoms with E-state index in [4.69, 9.17) is 32.3 Å². The van der Waals surface area contributed by atoms with Crippen LogP contribution in [0.1, 0.15) is 58.7 Å². The van der Waals surface area contributed by atoms with Gasteiger partial charge in [0.1, 0.15) is 11.7 Å². The highest BCUT2D eigenvalue weighted by Gasteiger charge is 2.27. The summed E-state index contributed by atoms with van der Waals surface area (Å²) < 4.78 is 2.21. The molecule has 2 aromatic heterocycles. The van der Waals surface area contributed by atoms with Crippen molar-refractivity contribution in [3.63, 3.8) is 0 Å². The first-order chi connectivity index (χ1) is 14.5. The van der Waals surface area contributed by atoms with Gasteiger partial charge in [-0.15, -0.1) is 22.7 Å². The van der Waals surface area contributed by atoms with Crippen LogP contribution in [0.15, 0.2) is 36.4 Å². The van der Waals surface area contributed by atoms with Crippen LogP contribution in [0.2, 0.25) is 0 Å². The Bertz CT molecular complexity index is 1180. The maximum Gasteiger partial charge on any atom is 0.122 e. The number of nitrogens with one attached hydrogen (secondary N) is 2. The summed E-state index contributed by atoms with van der Waals surface area (Å²) in [6.45, 7) is 0. The van der Waals surface area contributed by atoms with Crippen LogP contribution in [0.25, 0.3) is 20.4 Å². The van der Waals surface area contributed by atoms with Crippen molar-refractivity contribution in [1.29, 1.82) is 10.8 Å². The van der Waals surface area contributed by atoms with E-state index in [0.29, 0.717) is 11.8 Å². The van der Waals surface area contributed by atoms with Crippen molar-refractivity contribution >= 4 is 54.8 Å². The fraction of sp³-hybridized carbons (Fsp3) is 0.273. The van der Waals surface area contributed by atoms with Gasteiger partial charge in [-0.2, -0.15) is 0 Å². The molecule has 0 unspecified atom stereocenters. The Balaban J connectivity index is 1.32. The lowest BCUT2D eigenvalue weighted by Gasteiger charge is -2.25. The molecular formula is C22H22N6S2. The van der Waals surface area contributed by atoms with Gasteiger partial charge in [0.2, 0.25) is 0 Å². The van der Waals surface area contributed by atoms with Gasteiger partial charge >= 0.3 is 0 Å². The number of hydrogen-bond acceptors (Lipinski definition) is 6. The molecule has 1 aliphatic rings. The van der Waals surface area contributed by atoms with Crippen LogP contribution in [-0.4, -0.2) is 21.6 Å². The zero-order chi connectivity index (χ0) is 20.8. The summed E-state index contributed by atoms with van der Waals surface area (Å²) >= 11 is 3.46. The van der Waals surface area contributed by atoms with Crippen LogP contribution in [0.4, 0.5) is 0 Å². The quantitative estimate of drug-likeness (QED) is 0.269. The van der Waals surface area contributed by atoms with Crippen molar-refractivity contribution in [3.05, 3.63) is 57.5 Å². The number of benzene rings is 2. The lowest BCUT2D eigenvalue weighted by atomic mass is 9.82. The molecule has 1 fully saturated rings. The molecule has 2 aromatic carbocycles. The smallest absolute Gasteiger partial charge is 0.122 e. The van der Waals surface area contributed by atoms with E-state index in [2.05, 4.69) is 0 Å². The van der Waals surface area contributed by atoms with Gasteiger partial charge in [-0.3, -0.25) is 10.8 Å². The van der Waals surface area contributed by atoms with E-state index >= 15 is 0 Å². The van der Waals surface area contributed by atoms with Crippen molar-refractivity contribution in [2.24, 2.45) is 11.5 Å². The van der Waals surface area contributed by atoms with Gasteiger partial charge in [0.25, 0.3) is 0 Å². The van der Waals surface area contributed by atoms with Crippen molar-refractivity contribution in [2.45, 2.75) is 37.5 Å². The van der Waals surface area contributed by atoms with Gasteiger partial charge in [0.05, 0.1) is 30.4 Å². The van der Waals surface area contributed by atoms with E-state index in [9.17, 15) is 0 Å². The highest BCUT2D eigenvalue weighted by Crippen LogP contribution is 2.44. The summed E-state index contributed by atoms with van der Waals surface area (Å²) in [5.74, 6) is 1.16. The van der Waals surface area contributed by atoms with Gasteiger partial charge in [-0.25, -0.2) is 9.97 Å². The predicted molar refractivity (Wildman–Crippen MR) is 125 cm³/mol. The molecule has 0 amide bonds. The molecule has 6 N–H and O–H groups in total. The Hall–Kier alpha value is -2.84. The first-order valence-corrected chi connectivity index (χ1v) is 11.6. The Morgan fingerprint density at radius 3 is 1.50 bits per heavy atom. The molecule has 5 rings (SSSR count). The maximum absolute atomic E-state index is 7.63. The average Bonchev–Trinajstić information content (AvgIpc) is 3.36. The number of hydrogen-bond donors (Lipinski definition) is 4. The van der Waals surface area contributed by atoms with Crippen molar-refractivity contribution in [1.82, 2.24) is 9.97 Å². The van der Waals surface area contributed by atoms with Gasteiger partial charge in [-0.05, 0) is 62.1 Å². The van der Waals surface area contributed by atoms with Crippen LogP contribution in [-0.2, 0) is 0 Å². The topological polar surface area (TPSA) is 126 Å². The van der Waals surface area contributed by atoms with E-state index in [1.54, 1.807) is 22.7 Å². The average molecular weight is 435 g/mol. The second-order valence-corrected chi connectivity index (χ2v) is 9.97. The maximum atomic E-state index is 7.63. The third-order valence-electron chi connectivity index (χ3n) is 5.86.